The largest absolute Gasteiger partial charge is 0.471 e. The molecule has 2 aliphatic rings. The van der Waals surface area contributed by atoms with Gasteiger partial charge in [0.05, 0.1) is 12.2 Å². The number of rotatable bonds is 8. The van der Waals surface area contributed by atoms with Crippen molar-refractivity contribution in [1.29, 1.82) is 0 Å². The second kappa shape index (κ2) is 12.0. The molecule has 46 heavy (non-hydrogen) atoms. The van der Waals surface area contributed by atoms with Crippen LogP contribution < -0.4 is 10.5 Å². The van der Waals surface area contributed by atoms with Crippen molar-refractivity contribution in [2.45, 2.75) is 68.6 Å². The van der Waals surface area contributed by atoms with Crippen LogP contribution in [0.1, 0.15) is 55.7 Å². The minimum absolute atomic E-state index is 0.165. The molecule has 1 aromatic heterocycles. The monoisotopic (exact) mass is 661 g/mol. The second-order valence-corrected chi connectivity index (χ2v) is 14.9. The van der Waals surface area contributed by atoms with Gasteiger partial charge in [-0.2, -0.15) is 13.2 Å². The number of hydrogen-bond donors (Lipinski definition) is 3. The minimum Gasteiger partial charge on any atom is -0.361 e. The highest BCUT2D eigenvalue weighted by Crippen LogP contribution is 2.52. The summed E-state index contributed by atoms with van der Waals surface area (Å²) >= 11 is 0. The molecular formula is C32H38F3N5O5S. The standard InChI is InChI=1S/C32H38F3N5O5S/c1-30(2,36)19-40(29(43)32(33,34)35)26(16-20-18-37-25-11-7-5-8-21(20)25)28(42)39-14-12-31(13-15-39)17-23(27(41)38-46(3,44)45)22-9-4-6-10-24(22)31/h4-11,18,23,26,37H,12-17,19,36H2,1-3H3,(H,38,41)/t23?,26-/m1/s1. The van der Waals surface area contributed by atoms with Crippen LogP contribution in [0.2, 0.25) is 0 Å². The van der Waals surface area contributed by atoms with Crippen LogP contribution in [0.25, 0.3) is 10.9 Å². The van der Waals surface area contributed by atoms with Crippen LogP contribution in [-0.4, -0.2) is 84.6 Å². The van der Waals surface area contributed by atoms with Crippen LogP contribution in [0.4, 0.5) is 13.2 Å². The first-order valence-corrected chi connectivity index (χ1v) is 16.9. The van der Waals surface area contributed by atoms with Gasteiger partial charge in [0.1, 0.15) is 6.04 Å². The lowest BCUT2D eigenvalue weighted by molar-refractivity contribution is -0.190. The molecule has 248 valence electrons. The van der Waals surface area contributed by atoms with Crippen LogP contribution in [0.15, 0.2) is 54.7 Å². The Morgan fingerprint density at radius 3 is 2.35 bits per heavy atom. The summed E-state index contributed by atoms with van der Waals surface area (Å²) in [6, 6.07) is 13.0. The number of benzene rings is 2. The van der Waals surface area contributed by atoms with Crippen molar-refractivity contribution in [3.05, 3.63) is 71.4 Å². The zero-order valence-corrected chi connectivity index (χ0v) is 26.7. The molecule has 1 saturated heterocycles. The van der Waals surface area contributed by atoms with Crippen molar-refractivity contribution >= 4 is 38.6 Å². The summed E-state index contributed by atoms with van der Waals surface area (Å²) in [4.78, 5) is 45.3. The first-order valence-electron chi connectivity index (χ1n) is 15.0. The molecule has 3 aromatic rings. The fourth-order valence-electron chi connectivity index (χ4n) is 6.99. The van der Waals surface area contributed by atoms with Gasteiger partial charge in [0, 0.05) is 54.1 Å². The van der Waals surface area contributed by atoms with E-state index in [2.05, 4.69) is 9.71 Å². The number of para-hydroxylation sites is 1. The first-order chi connectivity index (χ1) is 21.4. The van der Waals surface area contributed by atoms with Crippen LogP contribution >= 0.6 is 0 Å². The number of halogens is 3. The molecule has 10 nitrogen and oxygen atoms in total. The average molecular weight is 662 g/mol. The van der Waals surface area contributed by atoms with E-state index in [1.54, 1.807) is 30.5 Å². The third kappa shape index (κ3) is 6.92. The smallest absolute Gasteiger partial charge is 0.361 e. The molecule has 1 spiro atoms. The number of aromatic amines is 1. The molecular weight excluding hydrogens is 623 g/mol. The maximum atomic E-state index is 14.3. The molecule has 2 atom stereocenters. The molecule has 1 aliphatic carbocycles. The Balaban J connectivity index is 1.45. The predicted molar refractivity (Wildman–Crippen MR) is 166 cm³/mol. The summed E-state index contributed by atoms with van der Waals surface area (Å²) in [7, 11) is -3.79. The van der Waals surface area contributed by atoms with Gasteiger partial charge in [0.2, 0.25) is 21.8 Å². The van der Waals surface area contributed by atoms with Crippen molar-refractivity contribution in [3.8, 4) is 0 Å². The summed E-state index contributed by atoms with van der Waals surface area (Å²) in [6.07, 6.45) is -1.73. The van der Waals surface area contributed by atoms with Crippen molar-refractivity contribution in [2.24, 2.45) is 5.73 Å². The van der Waals surface area contributed by atoms with Crippen LogP contribution in [-0.2, 0) is 36.2 Å². The number of H-pyrrole nitrogens is 1. The molecule has 0 bridgehead atoms. The van der Waals surface area contributed by atoms with Gasteiger partial charge >= 0.3 is 12.1 Å². The molecule has 3 amide bonds. The van der Waals surface area contributed by atoms with Gasteiger partial charge in [0.25, 0.3) is 0 Å². The second-order valence-electron chi connectivity index (χ2n) is 13.2. The van der Waals surface area contributed by atoms with E-state index in [9.17, 15) is 36.0 Å². The maximum Gasteiger partial charge on any atom is 0.471 e. The number of aromatic nitrogens is 1. The lowest BCUT2D eigenvalue weighted by atomic mass is 9.73. The molecule has 2 aromatic carbocycles. The fourth-order valence-corrected chi connectivity index (χ4v) is 7.49. The van der Waals surface area contributed by atoms with Gasteiger partial charge in [-0.3, -0.25) is 19.1 Å². The summed E-state index contributed by atoms with van der Waals surface area (Å²) < 4.78 is 67.7. The lowest BCUT2D eigenvalue weighted by Gasteiger charge is -2.43. The average Bonchev–Trinajstić information content (AvgIpc) is 3.52. The number of nitrogens with two attached hydrogens (primary N) is 1. The normalized spacial score (nSPS) is 18.8. The number of nitrogens with one attached hydrogen (secondary N) is 2. The van der Waals surface area contributed by atoms with E-state index in [1.165, 1.54) is 18.7 Å². The minimum atomic E-state index is -5.23. The Labute approximate surface area is 265 Å². The molecule has 1 aliphatic heterocycles. The van der Waals surface area contributed by atoms with E-state index < -0.39 is 63.4 Å². The van der Waals surface area contributed by atoms with Crippen LogP contribution in [0.3, 0.4) is 0 Å². The highest BCUT2D eigenvalue weighted by molar-refractivity contribution is 7.89. The van der Waals surface area contributed by atoms with Gasteiger partial charge in [-0.15, -0.1) is 0 Å². The lowest BCUT2D eigenvalue weighted by Crippen LogP contribution is -2.60. The van der Waals surface area contributed by atoms with Crippen LogP contribution in [0, 0.1) is 0 Å². The number of sulfonamides is 1. The summed E-state index contributed by atoms with van der Waals surface area (Å²) in [6.45, 7) is 2.81. The number of carbonyl (C=O) groups is 3. The van der Waals surface area contributed by atoms with E-state index in [4.69, 9.17) is 5.73 Å². The van der Waals surface area contributed by atoms with E-state index in [1.807, 2.05) is 24.3 Å². The number of piperidine rings is 1. The molecule has 1 unspecified atom stereocenters. The topological polar surface area (TPSA) is 146 Å². The number of alkyl halides is 3. The zero-order valence-electron chi connectivity index (χ0n) is 25.9. The van der Waals surface area contributed by atoms with Crippen LogP contribution in [0.5, 0.6) is 0 Å². The number of fused-ring (bicyclic) bond motifs is 3. The van der Waals surface area contributed by atoms with Gasteiger partial charge in [-0.1, -0.05) is 42.5 Å². The SMILES string of the molecule is CC(C)(N)CN(C(=O)C(F)(F)F)[C@H](Cc1c[nH]c2ccccc12)C(=O)N1CCC2(CC1)CC(C(=O)NS(C)(=O)=O)c1ccccc12. The molecule has 14 heteroatoms. The van der Waals surface area contributed by atoms with Gasteiger partial charge in [-0.25, -0.2) is 8.42 Å². The van der Waals surface area contributed by atoms with Crippen molar-refractivity contribution in [2.75, 3.05) is 25.9 Å². The summed E-state index contributed by atoms with van der Waals surface area (Å²) in [5, 5.41) is 0.727. The molecule has 4 N–H and O–H groups in total. The van der Waals surface area contributed by atoms with Crippen molar-refractivity contribution in [3.63, 3.8) is 0 Å². The number of hydrogen-bond acceptors (Lipinski definition) is 6. The van der Waals surface area contributed by atoms with Gasteiger partial charge < -0.3 is 20.5 Å². The third-order valence-electron chi connectivity index (χ3n) is 8.97. The summed E-state index contributed by atoms with van der Waals surface area (Å²) in [5.41, 5.74) is 7.29. The Morgan fingerprint density at radius 2 is 1.72 bits per heavy atom. The number of carbonyl (C=O) groups excluding carboxylic acids is 3. The number of nitrogens with zero attached hydrogens (tertiary/aromatic N) is 2. The predicted octanol–water partition coefficient (Wildman–Crippen LogP) is 3.33. The van der Waals surface area contributed by atoms with Gasteiger partial charge in [-0.05, 0) is 55.9 Å². The quantitative estimate of drug-likeness (QED) is 0.338. The fraction of sp³-hybridized carbons (Fsp3) is 0.469. The molecule has 5 rings (SSSR count). The number of amides is 3. The highest BCUT2D eigenvalue weighted by atomic mass is 32.2. The zero-order chi connectivity index (χ0) is 33.7. The maximum absolute atomic E-state index is 14.3. The molecule has 1 fully saturated rings. The Morgan fingerprint density at radius 1 is 1.09 bits per heavy atom. The number of likely N-dealkylation sites (tertiary alicyclic amines) is 1. The Bertz CT molecular complexity index is 1760. The van der Waals surface area contributed by atoms with E-state index in [0.717, 1.165) is 22.7 Å². The van der Waals surface area contributed by atoms with Crippen molar-refractivity contribution in [1.82, 2.24) is 19.5 Å². The van der Waals surface area contributed by atoms with E-state index >= 15 is 0 Å². The van der Waals surface area contributed by atoms with E-state index in [-0.39, 0.29) is 19.5 Å². The molecule has 0 saturated carbocycles. The Kier molecular flexibility index (Phi) is 8.75. The first kappa shape index (κ1) is 33.5. The van der Waals surface area contributed by atoms with Crippen molar-refractivity contribution < 1.29 is 36.0 Å². The van der Waals surface area contributed by atoms with E-state index in [0.29, 0.717) is 35.3 Å². The highest BCUT2D eigenvalue weighted by Gasteiger charge is 2.51. The molecule has 2 heterocycles. The molecule has 0 radical (unpaired) electrons. The Hall–Kier alpha value is -3.91. The summed E-state index contributed by atoms with van der Waals surface area (Å²) in [5.74, 6) is -4.11. The van der Waals surface area contributed by atoms with Gasteiger partial charge in [0.15, 0.2) is 0 Å². The third-order valence-corrected chi connectivity index (χ3v) is 9.54.